The van der Waals surface area contributed by atoms with Gasteiger partial charge >= 0.3 is 0 Å². The zero-order chi connectivity index (χ0) is 14.7. The van der Waals surface area contributed by atoms with Crippen LogP contribution in [0.4, 0.5) is 0 Å². The highest BCUT2D eigenvalue weighted by atomic mass is 16.4. The van der Waals surface area contributed by atoms with Crippen molar-refractivity contribution in [1.82, 2.24) is 10.3 Å². The summed E-state index contributed by atoms with van der Waals surface area (Å²) in [6, 6.07) is 6.06. The van der Waals surface area contributed by atoms with Crippen LogP contribution in [0.15, 0.2) is 30.5 Å². The fourth-order valence-electron chi connectivity index (χ4n) is 2.09. The number of H-pyrrole nitrogens is 1. The van der Waals surface area contributed by atoms with Gasteiger partial charge in [0.05, 0.1) is 12.0 Å². The molecule has 0 saturated carbocycles. The van der Waals surface area contributed by atoms with Crippen LogP contribution in [0.25, 0.3) is 10.9 Å². The van der Waals surface area contributed by atoms with Crippen LogP contribution in [-0.2, 0) is 4.79 Å². The number of fused-ring (bicyclic) bond motifs is 1. The zero-order valence-electron chi connectivity index (χ0n) is 11.5. The predicted octanol–water partition coefficient (Wildman–Crippen LogP) is 1.06. The van der Waals surface area contributed by atoms with Gasteiger partial charge in [-0.1, -0.05) is 20.3 Å². The lowest BCUT2D eigenvalue weighted by Crippen LogP contribution is -2.51. The van der Waals surface area contributed by atoms with E-state index < -0.39 is 17.9 Å². The van der Waals surface area contributed by atoms with E-state index in [1.165, 1.54) is 0 Å². The van der Waals surface area contributed by atoms with Crippen LogP contribution in [0.5, 0.6) is 0 Å². The van der Waals surface area contributed by atoms with E-state index in [0.29, 0.717) is 12.0 Å². The molecule has 0 bridgehead atoms. The van der Waals surface area contributed by atoms with Crippen molar-refractivity contribution in [2.45, 2.75) is 26.3 Å². The smallest absolute Gasteiger partial charge is 0.251 e. The van der Waals surface area contributed by atoms with Crippen molar-refractivity contribution in [3.05, 3.63) is 36.0 Å². The topological polar surface area (TPSA) is 85.0 Å². The molecule has 2 N–H and O–H groups in total. The number of aromatic amines is 1. The molecule has 5 nitrogen and oxygen atoms in total. The lowest BCUT2D eigenvalue weighted by Gasteiger charge is -2.25. The summed E-state index contributed by atoms with van der Waals surface area (Å²) >= 11 is 0. The van der Waals surface area contributed by atoms with E-state index in [-0.39, 0.29) is 5.92 Å². The molecule has 0 unspecified atom stereocenters. The summed E-state index contributed by atoms with van der Waals surface area (Å²) in [6.07, 6.45) is 2.44. The quantitative estimate of drug-likeness (QED) is 0.854. The summed E-state index contributed by atoms with van der Waals surface area (Å²) in [5.74, 6) is -1.84. The van der Waals surface area contributed by atoms with E-state index in [0.717, 1.165) is 10.9 Å². The maximum atomic E-state index is 12.1. The van der Waals surface area contributed by atoms with E-state index in [1.54, 1.807) is 31.3 Å². The average molecular weight is 273 g/mol. The van der Waals surface area contributed by atoms with E-state index in [9.17, 15) is 14.7 Å². The van der Waals surface area contributed by atoms with Gasteiger partial charge in [-0.25, -0.2) is 0 Å². The molecule has 0 fully saturated rings. The number of nitrogens with one attached hydrogen (secondary N) is 2. The molecule has 5 heteroatoms. The van der Waals surface area contributed by atoms with E-state index in [1.807, 2.05) is 13.0 Å². The van der Waals surface area contributed by atoms with Crippen molar-refractivity contribution < 1.29 is 14.7 Å². The lowest BCUT2D eigenvalue weighted by atomic mass is 9.99. The summed E-state index contributed by atoms with van der Waals surface area (Å²) in [5, 5.41) is 14.5. The summed E-state index contributed by atoms with van der Waals surface area (Å²) in [5.41, 5.74) is 1.37. The molecule has 106 valence electrons. The minimum atomic E-state index is -1.25. The fourth-order valence-corrected chi connectivity index (χ4v) is 2.09. The molecule has 2 aromatic rings. The Bertz CT molecular complexity index is 633. The van der Waals surface area contributed by atoms with Crippen molar-refractivity contribution in [2.24, 2.45) is 5.92 Å². The summed E-state index contributed by atoms with van der Waals surface area (Å²) < 4.78 is 0. The van der Waals surface area contributed by atoms with Crippen LogP contribution < -0.4 is 10.4 Å². The van der Waals surface area contributed by atoms with Crippen LogP contribution in [0, 0.1) is 5.92 Å². The third kappa shape index (κ3) is 2.82. The van der Waals surface area contributed by atoms with Gasteiger partial charge in [0.15, 0.2) is 0 Å². The molecule has 2 atom stereocenters. The summed E-state index contributed by atoms with van der Waals surface area (Å²) in [4.78, 5) is 26.3. The van der Waals surface area contributed by atoms with Gasteiger partial charge < -0.3 is 20.2 Å². The number of aliphatic carboxylic acids is 1. The van der Waals surface area contributed by atoms with Crippen molar-refractivity contribution in [2.75, 3.05) is 0 Å². The average Bonchev–Trinajstić information content (AvgIpc) is 2.90. The van der Waals surface area contributed by atoms with E-state index >= 15 is 0 Å². The Labute approximate surface area is 117 Å². The minimum absolute atomic E-state index is 0.181. The normalized spacial score (nSPS) is 13.9. The van der Waals surface area contributed by atoms with Gasteiger partial charge in [0.25, 0.3) is 5.91 Å². The fraction of sp³-hybridized carbons (Fsp3) is 0.333. The first kappa shape index (κ1) is 14.1. The van der Waals surface area contributed by atoms with E-state index in [4.69, 9.17) is 0 Å². The highest BCUT2D eigenvalue weighted by molar-refractivity contribution is 5.99. The van der Waals surface area contributed by atoms with Gasteiger partial charge in [-0.15, -0.1) is 0 Å². The second-order valence-corrected chi connectivity index (χ2v) is 4.94. The summed E-state index contributed by atoms with van der Waals surface area (Å²) in [6.45, 7) is 3.65. The number of aromatic nitrogens is 1. The number of benzene rings is 1. The minimum Gasteiger partial charge on any atom is -0.548 e. The van der Waals surface area contributed by atoms with Gasteiger partial charge in [0, 0.05) is 22.7 Å². The number of hydrogen-bond acceptors (Lipinski definition) is 3. The van der Waals surface area contributed by atoms with Crippen molar-refractivity contribution in [3.8, 4) is 0 Å². The van der Waals surface area contributed by atoms with E-state index in [2.05, 4.69) is 10.3 Å². The number of amides is 1. The Kier molecular flexibility index (Phi) is 4.08. The molecule has 1 aromatic carbocycles. The van der Waals surface area contributed by atoms with Gasteiger partial charge in [-0.2, -0.15) is 0 Å². The Morgan fingerprint density at radius 2 is 2.10 bits per heavy atom. The molecule has 0 aliphatic carbocycles. The molecular weight excluding hydrogens is 256 g/mol. The third-order valence-corrected chi connectivity index (χ3v) is 3.57. The van der Waals surface area contributed by atoms with Crippen LogP contribution in [0.2, 0.25) is 0 Å². The van der Waals surface area contributed by atoms with Gasteiger partial charge in [0.2, 0.25) is 0 Å². The number of carbonyl (C=O) groups is 2. The van der Waals surface area contributed by atoms with Crippen LogP contribution in [0.3, 0.4) is 0 Å². The molecule has 1 heterocycles. The highest BCUT2D eigenvalue weighted by Crippen LogP contribution is 2.15. The van der Waals surface area contributed by atoms with Crippen molar-refractivity contribution in [3.63, 3.8) is 0 Å². The molecule has 0 aliphatic rings. The molecule has 20 heavy (non-hydrogen) atoms. The number of carbonyl (C=O) groups excluding carboxylic acids is 2. The van der Waals surface area contributed by atoms with Gasteiger partial charge in [0.1, 0.15) is 0 Å². The molecule has 1 amide bonds. The molecule has 0 saturated heterocycles. The molecule has 2 rings (SSSR count). The first-order chi connectivity index (χ1) is 9.52. The molecular formula is C15H17N2O3-. The first-order valence-electron chi connectivity index (χ1n) is 6.61. The predicted molar refractivity (Wildman–Crippen MR) is 74.0 cm³/mol. The molecule has 0 spiro atoms. The van der Waals surface area contributed by atoms with Gasteiger partial charge in [-0.3, -0.25) is 4.79 Å². The lowest BCUT2D eigenvalue weighted by molar-refractivity contribution is -0.309. The van der Waals surface area contributed by atoms with Crippen molar-refractivity contribution >= 4 is 22.8 Å². The Morgan fingerprint density at radius 3 is 2.75 bits per heavy atom. The van der Waals surface area contributed by atoms with Crippen molar-refractivity contribution in [1.29, 1.82) is 0 Å². The number of rotatable bonds is 5. The SMILES string of the molecule is CC[C@@H](C)[C@H](NC(=O)c1ccc2[nH]ccc2c1)C(=O)[O-]. The zero-order valence-corrected chi connectivity index (χ0v) is 11.5. The molecule has 0 radical (unpaired) electrons. The summed E-state index contributed by atoms with van der Waals surface area (Å²) in [7, 11) is 0. The number of carboxylic acid groups (broad SMARTS) is 1. The third-order valence-electron chi connectivity index (χ3n) is 3.57. The Hall–Kier alpha value is -2.30. The standard InChI is InChI=1S/C15H18N2O3/c1-3-9(2)13(15(19)20)17-14(18)11-4-5-12-10(8-11)6-7-16-12/h4-9,13,16H,3H2,1-2H3,(H,17,18)(H,19,20)/p-1/t9-,13+/m1/s1. The maximum Gasteiger partial charge on any atom is 0.251 e. The number of hydrogen-bond donors (Lipinski definition) is 2. The number of carboxylic acids is 1. The maximum absolute atomic E-state index is 12.1. The van der Waals surface area contributed by atoms with Crippen LogP contribution in [0.1, 0.15) is 30.6 Å². The van der Waals surface area contributed by atoms with Crippen LogP contribution in [-0.4, -0.2) is 22.9 Å². The van der Waals surface area contributed by atoms with Crippen LogP contribution >= 0.6 is 0 Å². The Balaban J connectivity index is 2.19. The monoisotopic (exact) mass is 273 g/mol. The molecule has 1 aromatic heterocycles. The highest BCUT2D eigenvalue weighted by Gasteiger charge is 2.20. The van der Waals surface area contributed by atoms with Gasteiger partial charge in [-0.05, 0) is 30.2 Å². The largest absolute Gasteiger partial charge is 0.548 e. The second-order valence-electron chi connectivity index (χ2n) is 4.94. The molecule has 0 aliphatic heterocycles. The first-order valence-corrected chi connectivity index (χ1v) is 6.61. The Morgan fingerprint density at radius 1 is 1.35 bits per heavy atom. The second kappa shape index (κ2) is 5.77.